The number of ether oxygens (including phenoxy) is 1. The summed E-state index contributed by atoms with van der Waals surface area (Å²) in [5.74, 6) is -2.19. The first-order valence-electron chi connectivity index (χ1n) is 12.7. The van der Waals surface area contributed by atoms with E-state index in [9.17, 15) is 15.0 Å². The number of carbonyl (C=O) groups is 1. The first kappa shape index (κ1) is 25.2. The molecule has 3 aromatic rings. The van der Waals surface area contributed by atoms with Gasteiger partial charge in [0.2, 0.25) is 0 Å². The summed E-state index contributed by atoms with van der Waals surface area (Å²) in [4.78, 5) is 13.0. The summed E-state index contributed by atoms with van der Waals surface area (Å²) in [6.45, 7) is 0.718. The monoisotopic (exact) mass is 540 g/mol. The van der Waals surface area contributed by atoms with E-state index in [4.69, 9.17) is 16.3 Å². The fourth-order valence-electron chi connectivity index (χ4n) is 6.36. The molecule has 1 saturated heterocycles. The van der Waals surface area contributed by atoms with Gasteiger partial charge in [-0.3, -0.25) is 4.79 Å². The summed E-state index contributed by atoms with van der Waals surface area (Å²) < 4.78 is 38.2. The predicted molar refractivity (Wildman–Crippen MR) is 138 cm³/mol. The molecule has 1 amide bonds. The van der Waals surface area contributed by atoms with Crippen molar-refractivity contribution in [2.45, 2.75) is 49.5 Å². The fourth-order valence-corrected chi connectivity index (χ4v) is 6.62. The van der Waals surface area contributed by atoms with E-state index in [1.54, 1.807) is 0 Å². The van der Waals surface area contributed by atoms with Crippen LogP contribution >= 0.6 is 11.6 Å². The highest BCUT2D eigenvalue weighted by Gasteiger charge is 2.56. The van der Waals surface area contributed by atoms with Gasteiger partial charge in [-0.2, -0.15) is 0 Å². The van der Waals surface area contributed by atoms with Crippen LogP contribution in [0.2, 0.25) is 5.02 Å². The molecular formula is C29H27ClF2N2O4. The first-order chi connectivity index (χ1) is 18.3. The average molecular weight is 541 g/mol. The number of hydrogen-bond acceptors (Lipinski definition) is 5. The highest BCUT2D eigenvalue weighted by molar-refractivity contribution is 6.34. The average Bonchev–Trinajstić information content (AvgIpc) is 3.64. The molecule has 0 spiro atoms. The minimum atomic E-state index is -1.36. The number of aliphatic hydroxyl groups excluding tert-OH is 2. The Balaban J connectivity index is 1.64. The molecule has 0 saturated carbocycles. The number of halogens is 3. The molecule has 38 heavy (non-hydrogen) atoms. The van der Waals surface area contributed by atoms with Crippen molar-refractivity contribution >= 4 is 17.5 Å². The molecule has 6 nitrogen and oxygen atoms in total. The first-order valence-corrected chi connectivity index (χ1v) is 13.1. The van der Waals surface area contributed by atoms with Crippen molar-refractivity contribution in [3.8, 4) is 16.9 Å². The number of benzene rings is 3. The molecule has 1 aliphatic carbocycles. The van der Waals surface area contributed by atoms with Gasteiger partial charge in [0.15, 0.2) is 5.60 Å². The SMILES string of the molecule is CNC(=O)c1cc2c(c(F)c1-c1c(Cl)c(F)cc3c1[C@H](O)[C@](c1ccccc1)([C@@H]1CCCN1)O3)CC(O)C2. The predicted octanol–water partition coefficient (Wildman–Crippen LogP) is 4.18. The third-order valence-corrected chi connectivity index (χ3v) is 8.43. The third-order valence-electron chi connectivity index (χ3n) is 8.06. The van der Waals surface area contributed by atoms with Gasteiger partial charge < -0.3 is 25.6 Å². The summed E-state index contributed by atoms with van der Waals surface area (Å²) >= 11 is 6.54. The molecule has 2 aliphatic heterocycles. The zero-order valence-electron chi connectivity index (χ0n) is 20.7. The normalized spacial score (nSPS) is 25.7. The van der Waals surface area contributed by atoms with E-state index in [0.29, 0.717) is 17.5 Å². The van der Waals surface area contributed by atoms with Crippen LogP contribution < -0.4 is 15.4 Å². The van der Waals surface area contributed by atoms with E-state index in [2.05, 4.69) is 10.6 Å². The summed E-state index contributed by atoms with van der Waals surface area (Å²) in [7, 11) is 1.41. The maximum absolute atomic E-state index is 16.3. The molecule has 0 radical (unpaired) electrons. The van der Waals surface area contributed by atoms with Crippen LogP contribution in [0, 0.1) is 11.6 Å². The van der Waals surface area contributed by atoms with Crippen molar-refractivity contribution in [2.75, 3.05) is 13.6 Å². The maximum atomic E-state index is 16.3. The second-order valence-electron chi connectivity index (χ2n) is 10.2. The van der Waals surface area contributed by atoms with Gasteiger partial charge in [-0.1, -0.05) is 41.9 Å². The van der Waals surface area contributed by atoms with Gasteiger partial charge in [0.05, 0.1) is 22.7 Å². The molecular weight excluding hydrogens is 514 g/mol. The van der Waals surface area contributed by atoms with Crippen molar-refractivity contribution in [2.24, 2.45) is 0 Å². The lowest BCUT2D eigenvalue weighted by molar-refractivity contribution is -0.0566. The number of fused-ring (bicyclic) bond motifs is 2. The zero-order chi connectivity index (χ0) is 26.8. The second kappa shape index (κ2) is 9.31. The van der Waals surface area contributed by atoms with Crippen molar-refractivity contribution in [1.82, 2.24) is 10.6 Å². The molecule has 3 aromatic carbocycles. The molecule has 4 N–H and O–H groups in total. The van der Waals surface area contributed by atoms with Gasteiger partial charge in [-0.25, -0.2) is 8.78 Å². The Labute approximate surface area is 223 Å². The Morgan fingerprint density at radius 2 is 1.92 bits per heavy atom. The molecule has 2 heterocycles. The van der Waals surface area contributed by atoms with Crippen LogP contribution in [0.5, 0.6) is 5.75 Å². The summed E-state index contributed by atoms with van der Waals surface area (Å²) in [5.41, 5.74) is -0.180. The third kappa shape index (κ3) is 3.58. The molecule has 1 fully saturated rings. The Kier molecular flexibility index (Phi) is 6.18. The van der Waals surface area contributed by atoms with Crippen molar-refractivity contribution in [3.05, 3.63) is 86.9 Å². The zero-order valence-corrected chi connectivity index (χ0v) is 21.4. The van der Waals surface area contributed by atoms with Crippen LogP contribution in [0.15, 0.2) is 42.5 Å². The summed E-state index contributed by atoms with van der Waals surface area (Å²) in [6, 6.07) is 11.5. The smallest absolute Gasteiger partial charge is 0.251 e. The number of amides is 1. The summed E-state index contributed by atoms with van der Waals surface area (Å²) in [6.07, 6.45) is -0.359. The van der Waals surface area contributed by atoms with Gasteiger partial charge in [0.25, 0.3) is 5.91 Å². The van der Waals surface area contributed by atoms with Crippen LogP contribution in [0.3, 0.4) is 0 Å². The highest BCUT2D eigenvalue weighted by atomic mass is 35.5. The van der Waals surface area contributed by atoms with E-state index >= 15 is 8.78 Å². The molecule has 9 heteroatoms. The van der Waals surface area contributed by atoms with E-state index in [-0.39, 0.29) is 52.5 Å². The van der Waals surface area contributed by atoms with Crippen LogP contribution in [-0.2, 0) is 18.4 Å². The quantitative estimate of drug-likeness (QED) is 0.399. The van der Waals surface area contributed by atoms with Crippen molar-refractivity contribution in [3.63, 3.8) is 0 Å². The van der Waals surface area contributed by atoms with Crippen LogP contribution in [0.1, 0.15) is 51.6 Å². The number of hydrogen-bond donors (Lipinski definition) is 4. The number of nitrogens with one attached hydrogen (secondary N) is 2. The van der Waals surface area contributed by atoms with Crippen LogP contribution in [0.25, 0.3) is 11.1 Å². The number of carbonyl (C=O) groups excluding carboxylic acids is 1. The minimum absolute atomic E-state index is 0.0368. The molecule has 198 valence electrons. The van der Waals surface area contributed by atoms with E-state index in [1.165, 1.54) is 13.1 Å². The van der Waals surface area contributed by atoms with E-state index in [1.807, 2.05) is 30.3 Å². The molecule has 4 atom stereocenters. The molecule has 1 unspecified atom stereocenters. The van der Waals surface area contributed by atoms with Crippen molar-refractivity contribution in [1.29, 1.82) is 0 Å². The molecule has 3 aliphatic rings. The standard InChI is InChI=1S/C29H27ClF2N2O4/c1-33-28(37)18-11-14-10-16(35)12-17(14)26(32)22(18)24-23-20(13-19(31)25(24)30)38-29(27(23)36,21-8-5-9-34-21)15-6-3-2-4-7-15/h2-4,6-7,11,13,16,21,27,34-36H,5,8-10,12H2,1H3,(H,33,37)/t16?,21-,27-,29-/m0/s1. The second-order valence-corrected chi connectivity index (χ2v) is 10.5. The fraction of sp³-hybridized carbons (Fsp3) is 0.345. The van der Waals surface area contributed by atoms with Gasteiger partial charge in [0, 0.05) is 36.2 Å². The van der Waals surface area contributed by atoms with Crippen LogP contribution in [0.4, 0.5) is 8.78 Å². The Morgan fingerprint density at radius 3 is 2.61 bits per heavy atom. The Hall–Kier alpha value is -3.04. The Morgan fingerprint density at radius 1 is 1.16 bits per heavy atom. The Bertz CT molecular complexity index is 1440. The highest BCUT2D eigenvalue weighted by Crippen LogP contribution is 2.57. The van der Waals surface area contributed by atoms with E-state index < -0.39 is 40.4 Å². The maximum Gasteiger partial charge on any atom is 0.251 e. The lowest BCUT2D eigenvalue weighted by atomic mass is 9.77. The van der Waals surface area contributed by atoms with Gasteiger partial charge >= 0.3 is 0 Å². The molecule has 0 bridgehead atoms. The van der Waals surface area contributed by atoms with Gasteiger partial charge in [0.1, 0.15) is 23.5 Å². The van der Waals surface area contributed by atoms with Gasteiger partial charge in [-0.05, 0) is 48.6 Å². The lowest BCUT2D eigenvalue weighted by Gasteiger charge is -2.38. The van der Waals surface area contributed by atoms with E-state index in [0.717, 1.165) is 19.0 Å². The lowest BCUT2D eigenvalue weighted by Crippen LogP contribution is -2.51. The number of rotatable bonds is 4. The molecule has 6 rings (SSSR count). The van der Waals surface area contributed by atoms with Gasteiger partial charge in [-0.15, -0.1) is 0 Å². The largest absolute Gasteiger partial charge is 0.477 e. The minimum Gasteiger partial charge on any atom is -0.477 e. The molecule has 0 aromatic heterocycles. The van der Waals surface area contributed by atoms with Crippen LogP contribution in [-0.4, -0.2) is 41.9 Å². The number of aliphatic hydroxyl groups is 2. The van der Waals surface area contributed by atoms with Crippen molar-refractivity contribution < 1.29 is 28.5 Å². The summed E-state index contributed by atoms with van der Waals surface area (Å²) in [5, 5.41) is 27.8. The topological polar surface area (TPSA) is 90.8 Å².